The van der Waals surface area contributed by atoms with E-state index in [1.54, 1.807) is 0 Å². The molecule has 0 radical (unpaired) electrons. The minimum absolute atomic E-state index is 0.0586. The van der Waals surface area contributed by atoms with E-state index in [1.165, 1.54) is 41.4 Å². The highest BCUT2D eigenvalue weighted by molar-refractivity contribution is 6.30. The second-order valence-electron chi connectivity index (χ2n) is 8.22. The molecule has 0 bridgehead atoms. The lowest BCUT2D eigenvalue weighted by Gasteiger charge is -2.29. The molecule has 0 fully saturated rings. The number of halogens is 1. The van der Waals surface area contributed by atoms with Gasteiger partial charge in [-0.2, -0.15) is 0 Å². The molecule has 0 N–H and O–H groups in total. The summed E-state index contributed by atoms with van der Waals surface area (Å²) in [5.74, 6) is -1.36. The molecule has 0 spiro atoms. The van der Waals surface area contributed by atoms with Crippen molar-refractivity contribution in [3.63, 3.8) is 0 Å². The van der Waals surface area contributed by atoms with Crippen LogP contribution in [0.1, 0.15) is 22.0 Å². The number of amides is 1. The maximum Gasteiger partial charge on any atom is 0.270 e. The van der Waals surface area contributed by atoms with Crippen LogP contribution < -0.4 is 5.56 Å². The highest BCUT2D eigenvalue weighted by Crippen LogP contribution is 2.22. The Hall–Kier alpha value is -3.82. The van der Waals surface area contributed by atoms with Crippen LogP contribution >= 0.6 is 11.6 Å². The quantitative estimate of drug-likeness (QED) is 0.184. The summed E-state index contributed by atoms with van der Waals surface area (Å²) in [6.45, 7) is 1.01. The molecule has 3 aromatic rings. The molecule has 1 amide bonds. The summed E-state index contributed by atoms with van der Waals surface area (Å²) in [5.41, 5.74) is -0.107. The van der Waals surface area contributed by atoms with Crippen LogP contribution in [0.5, 0.6) is 0 Å². The fourth-order valence-corrected chi connectivity index (χ4v) is 3.70. The van der Waals surface area contributed by atoms with Gasteiger partial charge in [0.2, 0.25) is 0 Å². The molecule has 2 aromatic carbocycles. The molecule has 10 heteroatoms. The van der Waals surface area contributed by atoms with Crippen molar-refractivity contribution in [2.45, 2.75) is 12.6 Å². The number of hydrogen-bond acceptors (Lipinski definition) is 6. The number of non-ortho nitro benzene ring substituents is 1. The van der Waals surface area contributed by atoms with Crippen molar-refractivity contribution in [3.8, 4) is 0 Å². The average Bonchev–Trinajstić information content (AvgIpc) is 2.84. The van der Waals surface area contributed by atoms with E-state index in [4.69, 9.17) is 11.6 Å². The first-order chi connectivity index (χ1) is 16.7. The Kier molecular flexibility index (Phi) is 8.51. The van der Waals surface area contributed by atoms with Gasteiger partial charge in [-0.15, -0.1) is 0 Å². The lowest BCUT2D eigenvalue weighted by atomic mass is 10.0. The van der Waals surface area contributed by atoms with Gasteiger partial charge in [0, 0.05) is 49.6 Å². The third-order valence-corrected chi connectivity index (χ3v) is 5.57. The Labute approximate surface area is 207 Å². The monoisotopic (exact) mass is 496 g/mol. The Bertz CT molecular complexity index is 1280. The molecule has 3 rings (SSSR count). The van der Waals surface area contributed by atoms with E-state index in [0.29, 0.717) is 6.54 Å². The highest BCUT2D eigenvalue weighted by Gasteiger charge is 2.34. The normalized spacial score (nSPS) is 11.8. The van der Waals surface area contributed by atoms with Crippen molar-refractivity contribution in [2.75, 3.05) is 27.2 Å². The van der Waals surface area contributed by atoms with E-state index in [9.17, 15) is 24.5 Å². The van der Waals surface area contributed by atoms with E-state index in [1.807, 2.05) is 49.3 Å². The highest BCUT2D eigenvalue weighted by atomic mass is 35.5. The van der Waals surface area contributed by atoms with Crippen LogP contribution in [0.4, 0.5) is 5.69 Å². The number of nitrogens with zero attached hydrogens (tertiary/aromatic N) is 4. The van der Waals surface area contributed by atoms with E-state index >= 15 is 0 Å². The number of nitro groups is 1. The number of benzene rings is 2. The standard InChI is InChI=1S/C25H25ClN4O5/c1-27(2)13-14-28(16-18-7-4-3-5-8-18)25(33)23(29-17-20(26)11-12-22(29)31)24(32)19-9-6-10-21(15-19)30(34)35/h3-12,15,17,23H,13-14,16H2,1-2H3. The third-order valence-electron chi connectivity index (χ3n) is 5.35. The molecule has 9 nitrogen and oxygen atoms in total. The number of nitro benzene ring substituents is 1. The van der Waals surface area contributed by atoms with Crippen molar-refractivity contribution in [1.82, 2.24) is 14.4 Å². The number of pyridine rings is 1. The molecule has 0 aliphatic heterocycles. The lowest BCUT2D eigenvalue weighted by molar-refractivity contribution is -0.384. The van der Waals surface area contributed by atoms with Crippen LogP contribution in [0.2, 0.25) is 5.02 Å². The van der Waals surface area contributed by atoms with Crippen LogP contribution in [0.25, 0.3) is 0 Å². The van der Waals surface area contributed by atoms with Crippen molar-refractivity contribution in [3.05, 3.63) is 110 Å². The molecule has 0 aliphatic carbocycles. The number of aromatic nitrogens is 1. The summed E-state index contributed by atoms with van der Waals surface area (Å²) in [5, 5.41) is 11.4. The van der Waals surface area contributed by atoms with Gasteiger partial charge in [0.05, 0.1) is 9.95 Å². The first-order valence-corrected chi connectivity index (χ1v) is 11.2. The van der Waals surface area contributed by atoms with Crippen LogP contribution in [0, 0.1) is 10.1 Å². The Morgan fingerprint density at radius 1 is 1.03 bits per heavy atom. The van der Waals surface area contributed by atoms with Gasteiger partial charge in [-0.3, -0.25) is 29.1 Å². The molecular formula is C25H25ClN4O5. The van der Waals surface area contributed by atoms with E-state index in [2.05, 4.69) is 0 Å². The molecule has 0 saturated carbocycles. The number of likely N-dealkylation sites (N-methyl/N-ethyl adjacent to an activating group) is 1. The minimum Gasteiger partial charge on any atom is -0.335 e. The zero-order valence-electron chi connectivity index (χ0n) is 19.3. The van der Waals surface area contributed by atoms with Gasteiger partial charge < -0.3 is 9.80 Å². The van der Waals surface area contributed by atoms with Crippen molar-refractivity contribution in [1.29, 1.82) is 0 Å². The summed E-state index contributed by atoms with van der Waals surface area (Å²) >= 11 is 6.10. The average molecular weight is 497 g/mol. The number of ketones is 1. The SMILES string of the molecule is CN(C)CCN(Cc1ccccc1)C(=O)C(C(=O)c1cccc([N+](=O)[O-])c1)n1cc(Cl)ccc1=O. The second kappa shape index (κ2) is 11.5. The molecule has 35 heavy (non-hydrogen) atoms. The van der Waals surface area contributed by atoms with Gasteiger partial charge in [-0.1, -0.05) is 54.1 Å². The number of hydrogen-bond donors (Lipinski definition) is 0. The first-order valence-electron chi connectivity index (χ1n) is 10.8. The fraction of sp³-hybridized carbons (Fsp3) is 0.240. The maximum atomic E-state index is 13.9. The van der Waals surface area contributed by atoms with E-state index in [0.717, 1.165) is 16.2 Å². The molecule has 1 unspecified atom stereocenters. The molecule has 1 atom stereocenters. The van der Waals surface area contributed by atoms with Crippen LogP contribution in [-0.2, 0) is 11.3 Å². The second-order valence-corrected chi connectivity index (χ2v) is 8.65. The lowest BCUT2D eigenvalue weighted by Crippen LogP contribution is -2.45. The summed E-state index contributed by atoms with van der Waals surface area (Å²) in [6.07, 6.45) is 1.23. The number of Topliss-reactive ketones (excluding diaryl/α,β-unsaturated/α-hetero) is 1. The zero-order valence-corrected chi connectivity index (χ0v) is 20.1. The Balaban J connectivity index is 2.10. The van der Waals surface area contributed by atoms with Gasteiger partial charge in [0.15, 0.2) is 11.8 Å². The zero-order chi connectivity index (χ0) is 25.5. The van der Waals surface area contributed by atoms with Crippen molar-refractivity contribution < 1.29 is 14.5 Å². The van der Waals surface area contributed by atoms with Gasteiger partial charge in [-0.25, -0.2) is 0 Å². The van der Waals surface area contributed by atoms with Gasteiger partial charge in [0.1, 0.15) is 0 Å². The number of rotatable bonds is 10. The largest absolute Gasteiger partial charge is 0.335 e. The van der Waals surface area contributed by atoms with Gasteiger partial charge >= 0.3 is 0 Å². The van der Waals surface area contributed by atoms with Crippen molar-refractivity contribution >= 4 is 29.0 Å². The molecule has 182 valence electrons. The minimum atomic E-state index is -1.59. The third kappa shape index (κ3) is 6.62. The summed E-state index contributed by atoms with van der Waals surface area (Å²) in [4.78, 5) is 54.3. The molecule has 1 aromatic heterocycles. The predicted molar refractivity (Wildman–Crippen MR) is 133 cm³/mol. The predicted octanol–water partition coefficient (Wildman–Crippen LogP) is 3.42. The van der Waals surface area contributed by atoms with Crippen LogP contribution in [0.15, 0.2) is 77.7 Å². The molecule has 0 aliphatic rings. The van der Waals surface area contributed by atoms with Crippen molar-refractivity contribution in [2.24, 2.45) is 0 Å². The Morgan fingerprint density at radius 2 is 1.74 bits per heavy atom. The van der Waals surface area contributed by atoms with Gasteiger partial charge in [0.25, 0.3) is 17.2 Å². The summed E-state index contributed by atoms with van der Waals surface area (Å²) in [7, 11) is 3.72. The molecule has 0 saturated heterocycles. The maximum absolute atomic E-state index is 13.9. The van der Waals surface area contributed by atoms with E-state index in [-0.39, 0.29) is 29.4 Å². The summed E-state index contributed by atoms with van der Waals surface area (Å²) < 4.78 is 0.986. The molecule has 1 heterocycles. The van der Waals surface area contributed by atoms with Crippen LogP contribution in [-0.4, -0.2) is 58.2 Å². The summed E-state index contributed by atoms with van der Waals surface area (Å²) in [6, 6.07) is 15.3. The van der Waals surface area contributed by atoms with Crippen LogP contribution in [0.3, 0.4) is 0 Å². The number of carbonyl (C=O) groups is 2. The Morgan fingerprint density at radius 3 is 2.40 bits per heavy atom. The van der Waals surface area contributed by atoms with Gasteiger partial charge in [-0.05, 0) is 25.7 Å². The first kappa shape index (κ1) is 25.8. The number of carbonyl (C=O) groups excluding carboxylic acids is 2. The topological polar surface area (TPSA) is 106 Å². The fourth-order valence-electron chi connectivity index (χ4n) is 3.53. The molecular weight excluding hydrogens is 472 g/mol. The van der Waals surface area contributed by atoms with E-state index < -0.39 is 28.2 Å². The smallest absolute Gasteiger partial charge is 0.270 e.